The zero-order valence-corrected chi connectivity index (χ0v) is 17.9. The van der Waals surface area contributed by atoms with Crippen LogP contribution in [0.5, 0.6) is 0 Å². The normalized spacial score (nSPS) is 53.7. The largest absolute Gasteiger partial charge is 0.394 e. The predicted octanol–water partition coefficient (Wildman–Crippen LogP) is -7.29. The number of nitrogens with two attached hydrogens (primary N) is 4. The first-order valence-corrected chi connectivity index (χ1v) is 10.8. The summed E-state index contributed by atoms with van der Waals surface area (Å²) in [7, 11) is 0. The lowest BCUT2D eigenvalue weighted by molar-refractivity contribution is -0.332. The Kier molecular flexibility index (Phi) is 8.99. The van der Waals surface area contributed by atoms with E-state index in [0.717, 1.165) is 0 Å². The molecule has 15 N–H and O–H groups in total. The quantitative estimate of drug-likeness (QED) is 0.167. The average molecular weight is 485 g/mol. The summed E-state index contributed by atoms with van der Waals surface area (Å²) in [5.74, 6) is 0. The highest BCUT2D eigenvalue weighted by atomic mass is 16.7. The van der Waals surface area contributed by atoms with Crippen molar-refractivity contribution in [3.05, 3.63) is 0 Å². The molecule has 0 bridgehead atoms. The number of ether oxygens (including phenoxy) is 4. The standard InChI is InChI=1S/C18H36N4O11/c19-2-6-10(25)12(27)13(28)18(30-6)33-16-5(21)1-4(20)15(14(16)29)32-17-11(26)8(22)9(24)7(3-23)31-17/h4-18,23-29H,1-3,19-22H2/t4-,5+,6-,7-,8+,9-,10-,11-,12+,13-,14-,15+,16-,17-,18?/m1/s1. The van der Waals surface area contributed by atoms with E-state index in [4.69, 9.17) is 41.9 Å². The van der Waals surface area contributed by atoms with Crippen LogP contribution in [0.1, 0.15) is 6.42 Å². The zero-order chi connectivity index (χ0) is 24.6. The summed E-state index contributed by atoms with van der Waals surface area (Å²) in [6.45, 7) is -0.763. The highest BCUT2D eigenvalue weighted by molar-refractivity contribution is 5.01. The Balaban J connectivity index is 1.72. The molecule has 0 spiro atoms. The van der Waals surface area contributed by atoms with Gasteiger partial charge in [0.2, 0.25) is 0 Å². The molecule has 15 nitrogen and oxygen atoms in total. The monoisotopic (exact) mass is 484 g/mol. The number of aliphatic hydroxyl groups excluding tert-OH is 7. The Hall–Kier alpha value is -0.600. The van der Waals surface area contributed by atoms with Gasteiger partial charge in [-0.25, -0.2) is 0 Å². The molecule has 1 saturated carbocycles. The molecule has 3 rings (SSSR count). The van der Waals surface area contributed by atoms with Gasteiger partial charge in [-0.3, -0.25) is 0 Å². The van der Waals surface area contributed by atoms with Crippen molar-refractivity contribution < 1.29 is 54.7 Å². The Morgan fingerprint density at radius 3 is 1.70 bits per heavy atom. The van der Waals surface area contributed by atoms with Crippen LogP contribution in [-0.2, 0) is 18.9 Å². The van der Waals surface area contributed by atoms with Crippen molar-refractivity contribution in [2.45, 2.75) is 98.2 Å². The van der Waals surface area contributed by atoms with Crippen LogP contribution >= 0.6 is 0 Å². The second-order valence-corrected chi connectivity index (χ2v) is 8.79. The van der Waals surface area contributed by atoms with Crippen LogP contribution in [-0.4, -0.2) is 141 Å². The third-order valence-corrected chi connectivity index (χ3v) is 6.48. The summed E-state index contributed by atoms with van der Waals surface area (Å²) in [6.07, 6.45) is -16.5. The Bertz CT molecular complexity index is 584. The summed E-state index contributed by atoms with van der Waals surface area (Å²) in [5, 5.41) is 70.9. The smallest absolute Gasteiger partial charge is 0.187 e. The summed E-state index contributed by atoms with van der Waals surface area (Å²) >= 11 is 0. The molecule has 1 unspecified atom stereocenters. The van der Waals surface area contributed by atoms with Crippen LogP contribution in [0.4, 0.5) is 0 Å². The Labute approximate surface area is 189 Å². The molecule has 2 heterocycles. The molecule has 0 radical (unpaired) electrons. The topological polar surface area (TPSA) is 283 Å². The molecule has 0 aromatic carbocycles. The lowest BCUT2D eigenvalue weighted by atomic mass is 9.84. The second kappa shape index (κ2) is 11.0. The van der Waals surface area contributed by atoms with Gasteiger partial charge in [0, 0.05) is 18.6 Å². The first kappa shape index (κ1) is 27.0. The van der Waals surface area contributed by atoms with Crippen molar-refractivity contribution in [3.63, 3.8) is 0 Å². The molecule has 0 amide bonds. The van der Waals surface area contributed by atoms with Gasteiger partial charge >= 0.3 is 0 Å². The first-order valence-electron chi connectivity index (χ1n) is 10.8. The van der Waals surface area contributed by atoms with Gasteiger partial charge in [0.25, 0.3) is 0 Å². The van der Waals surface area contributed by atoms with Crippen molar-refractivity contribution in [2.24, 2.45) is 22.9 Å². The van der Waals surface area contributed by atoms with Crippen molar-refractivity contribution in [1.29, 1.82) is 0 Å². The summed E-state index contributed by atoms with van der Waals surface area (Å²) in [6, 6.07) is -2.86. The summed E-state index contributed by atoms with van der Waals surface area (Å²) in [5.41, 5.74) is 23.5. The van der Waals surface area contributed by atoms with Crippen LogP contribution in [0.25, 0.3) is 0 Å². The van der Waals surface area contributed by atoms with E-state index in [1.54, 1.807) is 0 Å². The highest BCUT2D eigenvalue weighted by Crippen LogP contribution is 2.31. The van der Waals surface area contributed by atoms with Gasteiger partial charge in [-0.1, -0.05) is 0 Å². The minimum Gasteiger partial charge on any atom is -0.394 e. The fourth-order valence-electron chi connectivity index (χ4n) is 4.40. The van der Waals surface area contributed by atoms with Crippen molar-refractivity contribution in [2.75, 3.05) is 13.2 Å². The lowest BCUT2D eigenvalue weighted by Gasteiger charge is -2.48. The summed E-state index contributed by atoms with van der Waals surface area (Å²) < 4.78 is 22.2. The molecule has 33 heavy (non-hydrogen) atoms. The number of aliphatic hydroxyl groups is 7. The number of hydrogen-bond donors (Lipinski definition) is 11. The molecule has 15 atom stereocenters. The van der Waals surface area contributed by atoms with Gasteiger partial charge < -0.3 is 77.6 Å². The number of rotatable bonds is 6. The van der Waals surface area contributed by atoms with Gasteiger partial charge in [0.1, 0.15) is 61.0 Å². The fraction of sp³-hybridized carbons (Fsp3) is 1.00. The first-order chi connectivity index (χ1) is 15.5. The lowest BCUT2D eigenvalue weighted by Crippen LogP contribution is -2.68. The van der Waals surface area contributed by atoms with Crippen LogP contribution in [0, 0.1) is 0 Å². The molecular weight excluding hydrogens is 448 g/mol. The minimum atomic E-state index is -1.66. The fourth-order valence-corrected chi connectivity index (χ4v) is 4.40. The Morgan fingerprint density at radius 1 is 0.667 bits per heavy atom. The van der Waals surface area contributed by atoms with E-state index < -0.39 is 98.4 Å². The van der Waals surface area contributed by atoms with Crippen LogP contribution < -0.4 is 22.9 Å². The maximum atomic E-state index is 10.9. The van der Waals surface area contributed by atoms with E-state index in [2.05, 4.69) is 0 Å². The van der Waals surface area contributed by atoms with Gasteiger partial charge in [-0.15, -0.1) is 0 Å². The minimum absolute atomic E-state index is 0.0849. The van der Waals surface area contributed by atoms with E-state index in [1.165, 1.54) is 0 Å². The second-order valence-electron chi connectivity index (χ2n) is 8.79. The third-order valence-electron chi connectivity index (χ3n) is 6.48. The van der Waals surface area contributed by atoms with E-state index in [1.807, 2.05) is 0 Å². The van der Waals surface area contributed by atoms with Gasteiger partial charge in [-0.2, -0.15) is 0 Å². The van der Waals surface area contributed by atoms with Crippen LogP contribution in [0.2, 0.25) is 0 Å². The maximum Gasteiger partial charge on any atom is 0.187 e. The Morgan fingerprint density at radius 2 is 1.18 bits per heavy atom. The van der Waals surface area contributed by atoms with Gasteiger partial charge in [0.05, 0.1) is 12.6 Å². The summed E-state index contributed by atoms with van der Waals surface area (Å²) in [4.78, 5) is 0. The maximum absolute atomic E-state index is 10.9. The molecule has 0 aromatic rings. The molecule has 194 valence electrons. The molecule has 1 aliphatic carbocycles. The van der Waals surface area contributed by atoms with Crippen molar-refractivity contribution in [3.8, 4) is 0 Å². The average Bonchev–Trinajstić information content (AvgIpc) is 2.79. The van der Waals surface area contributed by atoms with E-state index >= 15 is 0 Å². The third kappa shape index (κ3) is 5.32. The molecule has 0 aromatic heterocycles. The predicted molar refractivity (Wildman–Crippen MR) is 108 cm³/mol. The molecule has 15 heteroatoms. The number of hydrogen-bond acceptors (Lipinski definition) is 15. The van der Waals surface area contributed by atoms with E-state index in [9.17, 15) is 35.7 Å². The molecule has 3 aliphatic rings. The zero-order valence-electron chi connectivity index (χ0n) is 17.9. The van der Waals surface area contributed by atoms with Gasteiger partial charge in [-0.05, 0) is 6.42 Å². The molecule has 3 fully saturated rings. The van der Waals surface area contributed by atoms with Crippen molar-refractivity contribution in [1.82, 2.24) is 0 Å². The van der Waals surface area contributed by atoms with E-state index in [0.29, 0.717) is 0 Å². The van der Waals surface area contributed by atoms with Crippen LogP contribution in [0.15, 0.2) is 0 Å². The van der Waals surface area contributed by atoms with Gasteiger partial charge in [0.15, 0.2) is 12.6 Å². The SMILES string of the molecule is NC[C@H]1OC(O[C@H]2[C@H](O)[C@@H](O[C@H]3O[C@H](CO)[C@@H](O)[C@H](N)[C@H]3O)[C@H](N)C[C@@H]2N)[C@H](O)[C@@H](O)[C@@H]1O. The molecular formula is C18H36N4O11. The van der Waals surface area contributed by atoms with E-state index in [-0.39, 0.29) is 13.0 Å². The van der Waals surface area contributed by atoms with Crippen molar-refractivity contribution >= 4 is 0 Å². The molecule has 2 saturated heterocycles. The molecule has 2 aliphatic heterocycles. The highest BCUT2D eigenvalue weighted by Gasteiger charge is 2.51. The van der Waals surface area contributed by atoms with Crippen LogP contribution in [0.3, 0.4) is 0 Å².